The highest BCUT2D eigenvalue weighted by Gasteiger charge is 2.26. The SMILES string of the molecule is Cc1c2ccccc2c(C)c2c1oc1c3c(ccn(C)c23)cc2c3ccccc3[n+](C)c21. The molecule has 0 aliphatic carbocycles. The van der Waals surface area contributed by atoms with Gasteiger partial charge in [-0.3, -0.25) is 0 Å². The monoisotopic (exact) mass is 415 g/mol. The molecule has 0 radical (unpaired) electrons. The third-order valence-electron chi connectivity index (χ3n) is 7.36. The van der Waals surface area contributed by atoms with Crippen LogP contribution in [0.25, 0.3) is 65.4 Å². The van der Waals surface area contributed by atoms with Crippen molar-refractivity contribution in [2.75, 3.05) is 0 Å². The van der Waals surface area contributed by atoms with Crippen molar-refractivity contribution in [1.29, 1.82) is 0 Å². The molecule has 0 bridgehead atoms. The number of hydrogen-bond acceptors (Lipinski definition) is 1. The van der Waals surface area contributed by atoms with Gasteiger partial charge in [0.05, 0.1) is 21.7 Å². The summed E-state index contributed by atoms with van der Waals surface area (Å²) in [5.74, 6) is 0. The Morgan fingerprint density at radius 1 is 0.750 bits per heavy atom. The fraction of sp³-hybridized carbons (Fsp3) is 0.138. The van der Waals surface area contributed by atoms with Gasteiger partial charge in [-0.05, 0) is 53.8 Å². The van der Waals surface area contributed by atoms with Gasteiger partial charge in [-0.2, -0.15) is 4.57 Å². The van der Waals surface area contributed by atoms with Crippen molar-refractivity contribution in [3.05, 3.63) is 78.0 Å². The van der Waals surface area contributed by atoms with Gasteiger partial charge < -0.3 is 8.98 Å². The fourth-order valence-corrected chi connectivity index (χ4v) is 5.81. The molecule has 0 unspecified atom stereocenters. The largest absolute Gasteiger partial charge is 0.449 e. The van der Waals surface area contributed by atoms with E-state index in [4.69, 9.17) is 4.42 Å². The lowest BCUT2D eigenvalue weighted by Gasteiger charge is -2.17. The van der Waals surface area contributed by atoms with E-state index in [1.54, 1.807) is 0 Å². The number of aromatic nitrogens is 2. The van der Waals surface area contributed by atoms with Crippen LogP contribution in [-0.4, -0.2) is 4.57 Å². The first-order valence-corrected chi connectivity index (χ1v) is 11.1. The zero-order valence-electron chi connectivity index (χ0n) is 18.7. The highest BCUT2D eigenvalue weighted by atomic mass is 16.3. The summed E-state index contributed by atoms with van der Waals surface area (Å²) in [4.78, 5) is 0. The molecule has 3 heteroatoms. The van der Waals surface area contributed by atoms with E-state index in [0.717, 1.165) is 16.7 Å². The standard InChI is InChI=1S/C29H23N2O/c1-16-19-9-5-6-10-20(19)17(2)28-24(16)27-25-18(13-14-30(27)3)15-22-21-11-7-8-12-23(21)31(4)26(22)29(25)32-28/h5-15H,1-4H3/q+1. The zero-order chi connectivity index (χ0) is 21.7. The van der Waals surface area contributed by atoms with Crippen molar-refractivity contribution in [3.63, 3.8) is 0 Å². The molecule has 0 amide bonds. The molecular formula is C29H23N2O+. The normalized spacial score (nSPS) is 12.4. The Balaban J connectivity index is 1.89. The maximum absolute atomic E-state index is 6.91. The molecule has 0 saturated heterocycles. The van der Waals surface area contributed by atoms with Crippen molar-refractivity contribution in [2.45, 2.75) is 13.8 Å². The molecule has 0 fully saturated rings. The molecule has 4 aromatic carbocycles. The van der Waals surface area contributed by atoms with Gasteiger partial charge in [-0.15, -0.1) is 0 Å². The van der Waals surface area contributed by atoms with Crippen LogP contribution in [0.5, 0.6) is 0 Å². The second kappa shape index (κ2) is 5.89. The van der Waals surface area contributed by atoms with E-state index in [1.807, 2.05) is 0 Å². The summed E-state index contributed by atoms with van der Waals surface area (Å²) < 4.78 is 11.4. The first-order chi connectivity index (χ1) is 15.6. The molecule has 0 spiro atoms. The maximum atomic E-state index is 6.91. The molecule has 3 nitrogen and oxygen atoms in total. The quantitative estimate of drug-likeness (QED) is 0.149. The highest BCUT2D eigenvalue weighted by Crippen LogP contribution is 2.42. The summed E-state index contributed by atoms with van der Waals surface area (Å²) in [6.07, 6.45) is 2.18. The fourth-order valence-electron chi connectivity index (χ4n) is 5.81. The summed E-state index contributed by atoms with van der Waals surface area (Å²) in [5.41, 5.74) is 8.02. The predicted octanol–water partition coefficient (Wildman–Crippen LogP) is 6.98. The van der Waals surface area contributed by atoms with Crippen LogP contribution in [0.15, 0.2) is 71.3 Å². The van der Waals surface area contributed by atoms with E-state index in [1.165, 1.54) is 59.9 Å². The van der Waals surface area contributed by atoms with Crippen LogP contribution in [-0.2, 0) is 14.1 Å². The van der Waals surface area contributed by atoms with Gasteiger partial charge in [0.15, 0.2) is 0 Å². The summed E-state index contributed by atoms with van der Waals surface area (Å²) in [5, 5.41) is 8.67. The Bertz CT molecular complexity index is 1920. The molecule has 0 atom stereocenters. The minimum absolute atomic E-state index is 0.965. The van der Waals surface area contributed by atoms with Crippen LogP contribution in [0.3, 0.4) is 0 Å². The van der Waals surface area contributed by atoms with Gasteiger partial charge >= 0.3 is 0 Å². The molecule has 154 valence electrons. The number of benzene rings is 4. The van der Waals surface area contributed by atoms with E-state index in [-0.39, 0.29) is 0 Å². The summed E-state index contributed by atoms with van der Waals surface area (Å²) >= 11 is 0. The number of para-hydroxylation sites is 1. The van der Waals surface area contributed by atoms with E-state index in [9.17, 15) is 0 Å². The minimum Gasteiger partial charge on any atom is -0.449 e. The summed E-state index contributed by atoms with van der Waals surface area (Å²) in [6.45, 7) is 4.41. The van der Waals surface area contributed by atoms with Gasteiger partial charge in [0.1, 0.15) is 12.6 Å². The zero-order valence-corrected chi connectivity index (χ0v) is 18.7. The molecule has 0 N–H and O–H groups in total. The van der Waals surface area contributed by atoms with Gasteiger partial charge in [0.25, 0.3) is 5.52 Å². The van der Waals surface area contributed by atoms with Crippen LogP contribution in [0.2, 0.25) is 0 Å². The first kappa shape index (κ1) is 17.8. The van der Waals surface area contributed by atoms with Gasteiger partial charge in [0.2, 0.25) is 11.1 Å². The molecule has 0 aliphatic rings. The lowest BCUT2D eigenvalue weighted by molar-refractivity contribution is -0.615. The van der Waals surface area contributed by atoms with Crippen LogP contribution in [0.4, 0.5) is 0 Å². The summed E-state index contributed by atoms with van der Waals surface area (Å²) in [6, 6.07) is 21.8. The van der Waals surface area contributed by atoms with E-state index in [2.05, 4.69) is 104 Å². The predicted molar refractivity (Wildman–Crippen MR) is 133 cm³/mol. The molecule has 3 aromatic heterocycles. The molecule has 32 heavy (non-hydrogen) atoms. The Morgan fingerprint density at radius 3 is 2.22 bits per heavy atom. The Morgan fingerprint density at radius 2 is 1.44 bits per heavy atom. The maximum Gasteiger partial charge on any atom is 0.257 e. The van der Waals surface area contributed by atoms with E-state index < -0.39 is 0 Å². The van der Waals surface area contributed by atoms with Crippen molar-refractivity contribution in [1.82, 2.24) is 4.57 Å². The topological polar surface area (TPSA) is 21.9 Å². The molecule has 0 saturated carbocycles. The van der Waals surface area contributed by atoms with E-state index in [0.29, 0.717) is 0 Å². The van der Waals surface area contributed by atoms with Crippen molar-refractivity contribution in [2.24, 2.45) is 14.1 Å². The van der Waals surface area contributed by atoms with Gasteiger partial charge in [-0.25, -0.2) is 0 Å². The number of nitrogens with zero attached hydrogens (tertiary/aromatic N) is 2. The molecule has 7 aromatic rings. The third-order valence-corrected chi connectivity index (χ3v) is 7.36. The Kier molecular flexibility index (Phi) is 3.27. The smallest absolute Gasteiger partial charge is 0.257 e. The highest BCUT2D eigenvalue weighted by molar-refractivity contribution is 6.26. The van der Waals surface area contributed by atoms with Crippen molar-refractivity contribution >= 4 is 65.4 Å². The first-order valence-electron chi connectivity index (χ1n) is 11.1. The lowest BCUT2D eigenvalue weighted by atomic mass is 9.94. The molecule has 3 heterocycles. The van der Waals surface area contributed by atoms with Crippen molar-refractivity contribution < 1.29 is 8.98 Å². The molecule has 0 aliphatic heterocycles. The van der Waals surface area contributed by atoms with E-state index >= 15 is 0 Å². The third kappa shape index (κ3) is 1.99. The number of pyridine rings is 1. The minimum atomic E-state index is 0.965. The average molecular weight is 416 g/mol. The molecular weight excluding hydrogens is 392 g/mol. The number of fused-ring (bicyclic) bond motifs is 7. The van der Waals surface area contributed by atoms with Crippen LogP contribution in [0.1, 0.15) is 11.1 Å². The van der Waals surface area contributed by atoms with Crippen LogP contribution in [0, 0.1) is 13.8 Å². The van der Waals surface area contributed by atoms with Gasteiger partial charge in [-0.1, -0.05) is 36.4 Å². The van der Waals surface area contributed by atoms with Crippen molar-refractivity contribution in [3.8, 4) is 0 Å². The second-order valence-electron chi connectivity index (χ2n) is 9.02. The van der Waals surface area contributed by atoms with Crippen LogP contribution < -0.4 is 4.57 Å². The number of rotatable bonds is 0. The van der Waals surface area contributed by atoms with Crippen LogP contribution >= 0.6 is 0 Å². The number of hydrogen-bond donors (Lipinski definition) is 0. The lowest BCUT2D eigenvalue weighted by Crippen LogP contribution is -2.26. The Hall–Kier alpha value is -3.85. The second-order valence-corrected chi connectivity index (χ2v) is 9.02. The average Bonchev–Trinajstić information content (AvgIpc) is 3.11. The number of aryl methyl sites for hydroxylation is 4. The summed E-state index contributed by atoms with van der Waals surface area (Å²) in [7, 11) is 4.29. The Labute approximate surface area is 185 Å². The molecule has 7 rings (SSSR count). The van der Waals surface area contributed by atoms with Gasteiger partial charge in [0, 0.05) is 30.3 Å².